The lowest BCUT2D eigenvalue weighted by molar-refractivity contribution is -0.178. The highest BCUT2D eigenvalue weighted by Gasteiger charge is 2.34. The number of benzene rings is 2. The Morgan fingerprint density at radius 3 is 1.81 bits per heavy atom. The average molecular weight is 353 g/mol. The van der Waals surface area contributed by atoms with E-state index in [0.29, 0.717) is 5.06 Å². The van der Waals surface area contributed by atoms with Gasteiger partial charge in [0.15, 0.2) is 0 Å². The molecule has 0 radical (unpaired) electrons. The van der Waals surface area contributed by atoms with Gasteiger partial charge in [-0.3, -0.25) is 14.4 Å². The van der Waals surface area contributed by atoms with Crippen molar-refractivity contribution < 1.29 is 24.0 Å². The highest BCUT2D eigenvalue weighted by molar-refractivity contribution is 6.01. The molecule has 0 aliphatic carbocycles. The molecule has 1 fully saturated rings. The Morgan fingerprint density at radius 2 is 1.35 bits per heavy atom. The van der Waals surface area contributed by atoms with Crippen LogP contribution in [0.25, 0.3) is 0 Å². The number of hydrogen-bond acceptors (Lipinski definition) is 5. The first-order valence-corrected chi connectivity index (χ1v) is 8.40. The Balaban J connectivity index is 1.75. The summed E-state index contributed by atoms with van der Waals surface area (Å²) in [5.41, 5.74) is 1.96. The number of amides is 2. The normalized spacial score (nSPS) is 15.2. The topological polar surface area (TPSA) is 72.9 Å². The Labute approximate surface area is 151 Å². The average Bonchev–Trinajstić information content (AvgIpc) is 2.95. The standard InChI is InChI=1S/C20H19NO5/c1-14(25-20(24)26-21-17(22)12-13-18(21)23)19(15-8-4-2-5-9-15)16-10-6-3-7-11-16/h2-11,14,19H,12-13H2,1H3. The van der Waals surface area contributed by atoms with Crippen LogP contribution >= 0.6 is 0 Å². The summed E-state index contributed by atoms with van der Waals surface area (Å²) in [4.78, 5) is 40.0. The molecule has 1 atom stereocenters. The third-order valence-corrected chi connectivity index (χ3v) is 4.24. The lowest BCUT2D eigenvalue weighted by Crippen LogP contribution is -2.34. The highest BCUT2D eigenvalue weighted by atomic mass is 16.8. The van der Waals surface area contributed by atoms with Crippen molar-refractivity contribution in [3.8, 4) is 0 Å². The first kappa shape index (κ1) is 17.7. The number of ether oxygens (including phenoxy) is 1. The van der Waals surface area contributed by atoms with Gasteiger partial charge in [-0.1, -0.05) is 65.7 Å². The number of nitrogens with zero attached hydrogens (tertiary/aromatic N) is 1. The number of imide groups is 1. The second kappa shape index (κ2) is 7.82. The second-order valence-electron chi connectivity index (χ2n) is 6.05. The lowest BCUT2D eigenvalue weighted by Gasteiger charge is -2.25. The van der Waals surface area contributed by atoms with Crippen LogP contribution in [0, 0.1) is 0 Å². The van der Waals surface area contributed by atoms with Crippen LogP contribution in [-0.4, -0.2) is 29.1 Å². The maximum absolute atomic E-state index is 12.1. The molecule has 0 saturated carbocycles. The van der Waals surface area contributed by atoms with Crippen LogP contribution in [0.4, 0.5) is 4.79 Å². The lowest BCUT2D eigenvalue weighted by atomic mass is 9.87. The molecule has 1 saturated heterocycles. The first-order valence-electron chi connectivity index (χ1n) is 8.40. The Bertz CT molecular complexity index is 735. The molecule has 1 unspecified atom stereocenters. The van der Waals surface area contributed by atoms with E-state index in [4.69, 9.17) is 9.57 Å². The zero-order valence-electron chi connectivity index (χ0n) is 14.3. The minimum absolute atomic E-state index is 0.0400. The molecule has 2 amide bonds. The summed E-state index contributed by atoms with van der Waals surface area (Å²) in [5, 5.41) is 0.481. The van der Waals surface area contributed by atoms with E-state index in [9.17, 15) is 14.4 Å². The molecule has 134 valence electrons. The Kier molecular flexibility index (Phi) is 5.31. The van der Waals surface area contributed by atoms with Gasteiger partial charge in [-0.15, -0.1) is 0 Å². The summed E-state index contributed by atoms with van der Waals surface area (Å²) in [7, 11) is 0. The molecule has 2 aromatic rings. The minimum Gasteiger partial charge on any atom is -0.429 e. The van der Waals surface area contributed by atoms with Crippen LogP contribution in [-0.2, 0) is 19.2 Å². The number of carbonyl (C=O) groups is 3. The fourth-order valence-corrected chi connectivity index (χ4v) is 3.03. The van der Waals surface area contributed by atoms with Gasteiger partial charge in [0.05, 0.1) is 0 Å². The van der Waals surface area contributed by atoms with Gasteiger partial charge in [0.25, 0.3) is 11.8 Å². The molecular formula is C20H19NO5. The number of carbonyl (C=O) groups excluding carboxylic acids is 3. The van der Waals surface area contributed by atoms with Crippen LogP contribution in [0.15, 0.2) is 60.7 Å². The summed E-state index contributed by atoms with van der Waals surface area (Å²) < 4.78 is 5.37. The van der Waals surface area contributed by atoms with Crippen LogP contribution in [0.3, 0.4) is 0 Å². The van der Waals surface area contributed by atoms with Crippen LogP contribution in [0.5, 0.6) is 0 Å². The number of hydrogen-bond donors (Lipinski definition) is 0. The van der Waals surface area contributed by atoms with Gasteiger partial charge in [0.1, 0.15) is 6.10 Å². The monoisotopic (exact) mass is 353 g/mol. The van der Waals surface area contributed by atoms with Crippen LogP contribution < -0.4 is 0 Å². The maximum atomic E-state index is 12.1. The Morgan fingerprint density at radius 1 is 0.885 bits per heavy atom. The predicted molar refractivity (Wildman–Crippen MR) is 92.8 cm³/mol. The summed E-state index contributed by atoms with van der Waals surface area (Å²) in [6.07, 6.45) is -1.56. The predicted octanol–water partition coefficient (Wildman–Crippen LogP) is 3.42. The molecule has 0 N–H and O–H groups in total. The van der Waals surface area contributed by atoms with E-state index in [1.54, 1.807) is 6.92 Å². The van der Waals surface area contributed by atoms with E-state index in [-0.39, 0.29) is 18.8 Å². The third kappa shape index (κ3) is 3.91. The zero-order valence-corrected chi connectivity index (χ0v) is 14.3. The van der Waals surface area contributed by atoms with Gasteiger partial charge in [-0.25, -0.2) is 4.79 Å². The van der Waals surface area contributed by atoms with Crippen LogP contribution in [0.2, 0.25) is 0 Å². The number of hydroxylamine groups is 2. The van der Waals surface area contributed by atoms with Crippen molar-refractivity contribution in [3.05, 3.63) is 71.8 Å². The molecule has 0 bridgehead atoms. The molecule has 26 heavy (non-hydrogen) atoms. The molecule has 2 aromatic carbocycles. The van der Waals surface area contributed by atoms with Crippen molar-refractivity contribution >= 4 is 18.0 Å². The van der Waals surface area contributed by atoms with Crippen molar-refractivity contribution in [2.45, 2.75) is 31.8 Å². The smallest absolute Gasteiger partial charge is 0.429 e. The quantitative estimate of drug-likeness (QED) is 0.608. The molecule has 1 aliphatic heterocycles. The van der Waals surface area contributed by atoms with E-state index < -0.39 is 24.1 Å². The maximum Gasteiger partial charge on any atom is 0.534 e. The minimum atomic E-state index is -1.07. The largest absolute Gasteiger partial charge is 0.534 e. The molecule has 3 rings (SSSR count). The summed E-state index contributed by atoms with van der Waals surface area (Å²) in [6.45, 7) is 1.75. The molecular weight excluding hydrogens is 334 g/mol. The first-order chi connectivity index (χ1) is 12.6. The highest BCUT2D eigenvalue weighted by Crippen LogP contribution is 2.30. The third-order valence-electron chi connectivity index (χ3n) is 4.24. The summed E-state index contributed by atoms with van der Waals surface area (Å²) in [5.74, 6) is -1.29. The van der Waals surface area contributed by atoms with Gasteiger partial charge in [0, 0.05) is 18.8 Å². The van der Waals surface area contributed by atoms with Gasteiger partial charge in [-0.05, 0) is 18.1 Å². The fraction of sp³-hybridized carbons (Fsp3) is 0.250. The van der Waals surface area contributed by atoms with Crippen molar-refractivity contribution in [2.24, 2.45) is 0 Å². The van der Waals surface area contributed by atoms with E-state index in [1.165, 1.54) is 0 Å². The molecule has 1 heterocycles. The fourth-order valence-electron chi connectivity index (χ4n) is 3.03. The van der Waals surface area contributed by atoms with Gasteiger partial charge in [-0.2, -0.15) is 0 Å². The SMILES string of the molecule is CC(OC(=O)ON1C(=O)CCC1=O)C(c1ccccc1)c1ccccc1. The molecule has 6 heteroatoms. The second-order valence-corrected chi connectivity index (χ2v) is 6.05. The Hall–Kier alpha value is -3.15. The molecule has 0 spiro atoms. The van der Waals surface area contributed by atoms with Crippen molar-refractivity contribution in [3.63, 3.8) is 0 Å². The van der Waals surface area contributed by atoms with Crippen molar-refractivity contribution in [1.29, 1.82) is 0 Å². The molecule has 6 nitrogen and oxygen atoms in total. The number of rotatable bonds is 5. The molecule has 0 aromatic heterocycles. The van der Waals surface area contributed by atoms with Gasteiger partial charge in [0.2, 0.25) is 0 Å². The van der Waals surface area contributed by atoms with Gasteiger partial charge >= 0.3 is 6.16 Å². The van der Waals surface area contributed by atoms with Crippen molar-refractivity contribution in [2.75, 3.05) is 0 Å². The van der Waals surface area contributed by atoms with E-state index in [2.05, 4.69) is 0 Å². The summed E-state index contributed by atoms with van der Waals surface area (Å²) in [6, 6.07) is 19.3. The van der Waals surface area contributed by atoms with E-state index in [0.717, 1.165) is 11.1 Å². The van der Waals surface area contributed by atoms with E-state index in [1.807, 2.05) is 60.7 Å². The van der Waals surface area contributed by atoms with Crippen LogP contribution in [0.1, 0.15) is 36.8 Å². The zero-order chi connectivity index (χ0) is 18.5. The van der Waals surface area contributed by atoms with E-state index >= 15 is 0 Å². The van der Waals surface area contributed by atoms with Crippen molar-refractivity contribution in [1.82, 2.24) is 5.06 Å². The van der Waals surface area contributed by atoms with Gasteiger partial charge < -0.3 is 4.74 Å². The molecule has 1 aliphatic rings. The summed E-state index contributed by atoms with van der Waals surface area (Å²) >= 11 is 0.